The number of ether oxygens (including phenoxy) is 2. The van der Waals surface area contributed by atoms with E-state index in [2.05, 4.69) is 0 Å². The Kier molecular flexibility index (Phi) is 6.48. The molecular formula is C30H25N2O3P. The molecule has 0 saturated heterocycles. The zero-order valence-corrected chi connectivity index (χ0v) is 20.3. The van der Waals surface area contributed by atoms with Crippen molar-refractivity contribution in [2.45, 2.75) is 0 Å². The van der Waals surface area contributed by atoms with Crippen LogP contribution < -0.4 is 36.9 Å². The molecule has 0 fully saturated rings. The number of anilines is 2. The average molecular weight is 493 g/mol. The largest absolute Gasteiger partial charge is 0.457 e. The van der Waals surface area contributed by atoms with Crippen LogP contribution in [0.4, 0.5) is 11.4 Å². The number of nitrogen functional groups attached to an aromatic ring is 2. The summed E-state index contributed by atoms with van der Waals surface area (Å²) in [7, 11) is -3.35. The predicted octanol–water partition coefficient (Wildman–Crippen LogP) is 6.08. The Morgan fingerprint density at radius 3 is 1.44 bits per heavy atom. The van der Waals surface area contributed by atoms with Crippen LogP contribution in [-0.2, 0) is 4.57 Å². The fourth-order valence-electron chi connectivity index (χ4n) is 3.93. The highest BCUT2D eigenvalue weighted by molar-refractivity contribution is 7.85. The summed E-state index contributed by atoms with van der Waals surface area (Å²) in [5, 5.41) is 1.93. The molecule has 0 atom stereocenters. The predicted molar refractivity (Wildman–Crippen MR) is 148 cm³/mol. The van der Waals surface area contributed by atoms with Crippen molar-refractivity contribution in [1.82, 2.24) is 0 Å². The second kappa shape index (κ2) is 10.0. The molecule has 0 heterocycles. The molecule has 0 saturated carbocycles. The first-order chi connectivity index (χ1) is 17.5. The summed E-state index contributed by atoms with van der Waals surface area (Å²) < 4.78 is 27.5. The Morgan fingerprint density at radius 2 is 0.944 bits per heavy atom. The van der Waals surface area contributed by atoms with E-state index in [1.807, 2.05) is 60.7 Å². The minimum absolute atomic E-state index is 0.473. The van der Waals surface area contributed by atoms with Crippen molar-refractivity contribution in [3.63, 3.8) is 0 Å². The second-order valence-corrected chi connectivity index (χ2v) is 11.0. The van der Waals surface area contributed by atoms with Crippen molar-refractivity contribution in [3.05, 3.63) is 127 Å². The van der Waals surface area contributed by atoms with Gasteiger partial charge in [0, 0.05) is 22.0 Å². The van der Waals surface area contributed by atoms with Crippen LogP contribution in [0.15, 0.2) is 127 Å². The highest BCUT2D eigenvalue weighted by atomic mass is 31.2. The van der Waals surface area contributed by atoms with E-state index >= 15 is 4.57 Å². The lowest BCUT2D eigenvalue weighted by Gasteiger charge is -2.23. The molecule has 5 aromatic rings. The van der Waals surface area contributed by atoms with Gasteiger partial charge in [0.2, 0.25) is 0 Å². The summed E-state index contributed by atoms with van der Waals surface area (Å²) in [6, 6.07) is 38.5. The average Bonchev–Trinajstić information content (AvgIpc) is 2.92. The van der Waals surface area contributed by atoms with Crippen LogP contribution in [0.1, 0.15) is 0 Å². The van der Waals surface area contributed by atoms with E-state index in [1.54, 1.807) is 66.7 Å². The molecule has 6 heteroatoms. The molecule has 0 aromatic heterocycles. The number of rotatable bonds is 7. The van der Waals surface area contributed by atoms with Gasteiger partial charge in [0.15, 0.2) is 7.14 Å². The smallest absolute Gasteiger partial charge is 0.174 e. The van der Waals surface area contributed by atoms with E-state index < -0.39 is 7.14 Å². The van der Waals surface area contributed by atoms with Crippen molar-refractivity contribution in [3.8, 4) is 23.0 Å². The topological polar surface area (TPSA) is 87.6 Å². The van der Waals surface area contributed by atoms with Gasteiger partial charge in [-0.25, -0.2) is 0 Å². The molecule has 0 amide bonds. The van der Waals surface area contributed by atoms with Crippen molar-refractivity contribution in [2.24, 2.45) is 0 Å². The summed E-state index contributed by atoms with van der Waals surface area (Å²) in [5.41, 5.74) is 12.9. The number of benzene rings is 5. The van der Waals surface area contributed by atoms with Crippen molar-refractivity contribution < 1.29 is 14.0 Å². The molecular weight excluding hydrogens is 467 g/mol. The van der Waals surface area contributed by atoms with Crippen LogP contribution in [0, 0.1) is 0 Å². The Labute approximate surface area is 210 Å². The maximum atomic E-state index is 15.2. The number of hydrogen-bond donors (Lipinski definition) is 2. The third-order valence-corrected chi connectivity index (χ3v) is 8.81. The third kappa shape index (κ3) is 4.83. The van der Waals surface area contributed by atoms with E-state index in [-0.39, 0.29) is 0 Å². The van der Waals surface area contributed by atoms with E-state index in [1.165, 1.54) is 0 Å². The molecule has 5 rings (SSSR count). The van der Waals surface area contributed by atoms with Crippen molar-refractivity contribution in [2.75, 3.05) is 11.5 Å². The quantitative estimate of drug-likeness (QED) is 0.213. The van der Waals surface area contributed by atoms with Gasteiger partial charge in [-0.05, 0) is 66.7 Å². The monoisotopic (exact) mass is 492 g/mol. The van der Waals surface area contributed by atoms with Gasteiger partial charge in [0.25, 0.3) is 0 Å². The van der Waals surface area contributed by atoms with Gasteiger partial charge in [-0.1, -0.05) is 60.7 Å². The molecule has 0 aliphatic heterocycles. The molecule has 0 aliphatic rings. The van der Waals surface area contributed by atoms with Crippen LogP contribution in [0.2, 0.25) is 0 Å². The Hall–Kier alpha value is -4.47. The van der Waals surface area contributed by atoms with Crippen LogP contribution in [0.3, 0.4) is 0 Å². The molecule has 0 unspecified atom stereocenters. The van der Waals surface area contributed by atoms with Crippen LogP contribution in [-0.4, -0.2) is 0 Å². The normalized spacial score (nSPS) is 11.1. The van der Waals surface area contributed by atoms with E-state index in [0.29, 0.717) is 50.3 Å². The molecule has 4 N–H and O–H groups in total. The fraction of sp³-hybridized carbons (Fsp3) is 0. The van der Waals surface area contributed by atoms with Gasteiger partial charge in [-0.3, -0.25) is 0 Å². The molecule has 178 valence electrons. The van der Waals surface area contributed by atoms with Crippen molar-refractivity contribution in [1.29, 1.82) is 0 Å². The lowest BCUT2D eigenvalue weighted by Crippen LogP contribution is -2.26. The van der Waals surface area contributed by atoms with Crippen LogP contribution in [0.25, 0.3) is 0 Å². The van der Waals surface area contributed by atoms with E-state index in [9.17, 15) is 0 Å². The van der Waals surface area contributed by atoms with Gasteiger partial charge in [0.1, 0.15) is 23.0 Å². The first-order valence-corrected chi connectivity index (χ1v) is 13.2. The third-order valence-electron chi connectivity index (χ3n) is 5.73. The molecule has 36 heavy (non-hydrogen) atoms. The van der Waals surface area contributed by atoms with E-state index in [4.69, 9.17) is 20.9 Å². The minimum Gasteiger partial charge on any atom is -0.457 e. The summed E-state index contributed by atoms with van der Waals surface area (Å²) in [5.74, 6) is 2.22. The summed E-state index contributed by atoms with van der Waals surface area (Å²) in [4.78, 5) is 0. The Bertz CT molecular complexity index is 1460. The second-order valence-electron chi connectivity index (χ2n) is 8.25. The lowest BCUT2D eigenvalue weighted by molar-refractivity contribution is 0.472. The fourth-order valence-corrected chi connectivity index (χ4v) is 6.71. The summed E-state index contributed by atoms with van der Waals surface area (Å²) in [6.45, 7) is 0. The van der Waals surface area contributed by atoms with Crippen molar-refractivity contribution >= 4 is 34.4 Å². The van der Waals surface area contributed by atoms with Gasteiger partial charge < -0.3 is 25.5 Å². The SMILES string of the molecule is Nc1ccc(Oc2ccc(Oc3ccc(N)cc3)c(P(=O)(c3ccccc3)c3ccccc3)c2)cc1. The van der Waals surface area contributed by atoms with E-state index in [0.717, 1.165) is 0 Å². The Morgan fingerprint density at radius 1 is 0.500 bits per heavy atom. The molecule has 5 nitrogen and oxygen atoms in total. The number of hydrogen-bond acceptors (Lipinski definition) is 5. The standard InChI is InChI=1S/C30H25N2O3P/c31-22-11-15-24(16-12-22)34-26-19-20-29(35-25-17-13-23(32)14-18-25)30(21-26)36(33,27-7-3-1-4-8-27)28-9-5-2-6-10-28/h1-21H,31-32H2. The van der Waals surface area contributed by atoms with Crippen LogP contribution >= 0.6 is 7.14 Å². The van der Waals surface area contributed by atoms with Gasteiger partial charge in [0.05, 0.1) is 5.30 Å². The van der Waals surface area contributed by atoms with Gasteiger partial charge in [-0.15, -0.1) is 0 Å². The highest BCUT2D eigenvalue weighted by Gasteiger charge is 2.33. The minimum atomic E-state index is -3.35. The zero-order valence-electron chi connectivity index (χ0n) is 19.5. The van der Waals surface area contributed by atoms with Gasteiger partial charge >= 0.3 is 0 Å². The lowest BCUT2D eigenvalue weighted by atomic mass is 10.3. The van der Waals surface area contributed by atoms with Crippen LogP contribution in [0.5, 0.6) is 23.0 Å². The molecule has 0 bridgehead atoms. The summed E-state index contributed by atoms with van der Waals surface area (Å²) >= 11 is 0. The number of nitrogens with two attached hydrogens (primary N) is 2. The van der Waals surface area contributed by atoms with Gasteiger partial charge in [-0.2, -0.15) is 0 Å². The maximum Gasteiger partial charge on any atom is 0.174 e. The summed E-state index contributed by atoms with van der Waals surface area (Å²) in [6.07, 6.45) is 0. The molecule has 0 spiro atoms. The highest BCUT2D eigenvalue weighted by Crippen LogP contribution is 2.47. The molecule has 0 radical (unpaired) electrons. The molecule has 0 aliphatic carbocycles. The molecule has 5 aromatic carbocycles. The maximum absolute atomic E-state index is 15.2. The Balaban J connectivity index is 1.68. The zero-order chi connectivity index (χ0) is 25.0. The first kappa shape index (κ1) is 23.3. The first-order valence-electron chi connectivity index (χ1n) is 11.4.